The number of anilines is 1. The first-order valence-corrected chi connectivity index (χ1v) is 6.69. The van der Waals surface area contributed by atoms with Crippen molar-refractivity contribution in [1.82, 2.24) is 0 Å². The summed E-state index contributed by atoms with van der Waals surface area (Å²) in [6.45, 7) is 1.91. The average Bonchev–Trinajstić information content (AvgIpc) is 2.86. The normalized spacial score (nSPS) is 12.2. The quantitative estimate of drug-likeness (QED) is 0.906. The Kier molecular flexibility index (Phi) is 4.01. The summed E-state index contributed by atoms with van der Waals surface area (Å²) in [5.41, 5.74) is 7.49. The van der Waals surface area contributed by atoms with Crippen LogP contribution in [0, 0.1) is 6.92 Å². The van der Waals surface area contributed by atoms with Crippen molar-refractivity contribution in [1.29, 1.82) is 0 Å². The average molecular weight is 281 g/mol. The van der Waals surface area contributed by atoms with Gasteiger partial charge in [0.25, 0.3) is 0 Å². The van der Waals surface area contributed by atoms with Gasteiger partial charge in [0.1, 0.15) is 6.04 Å². The number of thiophene rings is 1. The molecule has 1 unspecified atom stereocenters. The molecule has 0 aliphatic rings. The van der Waals surface area contributed by atoms with Crippen molar-refractivity contribution in [2.24, 2.45) is 5.73 Å². The predicted octanol–water partition coefficient (Wildman–Crippen LogP) is 3.35. The van der Waals surface area contributed by atoms with Crippen LogP contribution in [0.15, 0.2) is 35.7 Å². The van der Waals surface area contributed by atoms with Gasteiger partial charge in [-0.2, -0.15) is 0 Å². The number of carbonyl (C=O) groups is 1. The maximum Gasteiger partial charge on any atom is 0.246 e. The number of amides is 1. The fourth-order valence-corrected chi connectivity index (χ4v) is 2.39. The Morgan fingerprint density at radius 3 is 2.83 bits per heavy atom. The van der Waals surface area contributed by atoms with E-state index >= 15 is 0 Å². The molecule has 1 heterocycles. The van der Waals surface area contributed by atoms with E-state index in [-0.39, 0.29) is 5.91 Å². The van der Waals surface area contributed by atoms with E-state index in [1.807, 2.05) is 30.5 Å². The van der Waals surface area contributed by atoms with Gasteiger partial charge in [0.2, 0.25) is 5.91 Å². The largest absolute Gasteiger partial charge is 0.324 e. The van der Waals surface area contributed by atoms with Crippen molar-refractivity contribution in [3.8, 4) is 0 Å². The van der Waals surface area contributed by atoms with Gasteiger partial charge in [-0.15, -0.1) is 11.3 Å². The summed E-state index contributed by atoms with van der Waals surface area (Å²) in [7, 11) is 0. The Morgan fingerprint density at radius 2 is 2.22 bits per heavy atom. The number of benzene rings is 1. The molecule has 0 saturated heterocycles. The first kappa shape index (κ1) is 13.1. The van der Waals surface area contributed by atoms with E-state index < -0.39 is 6.04 Å². The third-order valence-electron chi connectivity index (χ3n) is 2.57. The predicted molar refractivity (Wildman–Crippen MR) is 76.1 cm³/mol. The standard InChI is InChI=1S/C13H13ClN2OS/c1-8-4-5-9(7-10(8)14)16-13(17)12(15)11-3-2-6-18-11/h2-7,12H,15H2,1H3,(H,16,17). The van der Waals surface area contributed by atoms with Crippen LogP contribution in [0.2, 0.25) is 5.02 Å². The number of hydrogen-bond donors (Lipinski definition) is 2. The molecule has 0 aliphatic carbocycles. The van der Waals surface area contributed by atoms with Crippen LogP contribution in [-0.2, 0) is 4.79 Å². The molecular formula is C13H13ClN2OS. The molecule has 0 radical (unpaired) electrons. The molecule has 1 atom stereocenters. The molecule has 1 aromatic carbocycles. The van der Waals surface area contributed by atoms with E-state index in [9.17, 15) is 4.79 Å². The van der Waals surface area contributed by atoms with Gasteiger partial charge in [0, 0.05) is 15.6 Å². The van der Waals surface area contributed by atoms with Gasteiger partial charge in [-0.25, -0.2) is 0 Å². The zero-order valence-corrected chi connectivity index (χ0v) is 11.4. The zero-order valence-electron chi connectivity index (χ0n) is 9.81. The fraction of sp³-hybridized carbons (Fsp3) is 0.154. The Bertz CT molecular complexity index is 554. The maximum atomic E-state index is 11.9. The van der Waals surface area contributed by atoms with Crippen LogP contribution in [0.3, 0.4) is 0 Å². The monoisotopic (exact) mass is 280 g/mol. The lowest BCUT2D eigenvalue weighted by molar-refractivity contribution is -0.117. The highest BCUT2D eigenvalue weighted by Gasteiger charge is 2.16. The second-order valence-corrected chi connectivity index (χ2v) is 5.33. The summed E-state index contributed by atoms with van der Waals surface area (Å²) in [4.78, 5) is 12.8. The van der Waals surface area contributed by atoms with Crippen molar-refractivity contribution >= 4 is 34.5 Å². The molecule has 1 amide bonds. The van der Waals surface area contributed by atoms with Crippen molar-refractivity contribution < 1.29 is 4.79 Å². The van der Waals surface area contributed by atoms with Crippen LogP contribution in [0.1, 0.15) is 16.5 Å². The Hall–Kier alpha value is -1.36. The number of hydrogen-bond acceptors (Lipinski definition) is 3. The number of nitrogens with two attached hydrogens (primary N) is 1. The fourth-order valence-electron chi connectivity index (χ4n) is 1.49. The second kappa shape index (κ2) is 5.52. The van der Waals surface area contributed by atoms with Gasteiger partial charge >= 0.3 is 0 Å². The smallest absolute Gasteiger partial charge is 0.246 e. The molecule has 3 nitrogen and oxygen atoms in total. The topological polar surface area (TPSA) is 55.1 Å². The molecule has 0 saturated carbocycles. The summed E-state index contributed by atoms with van der Waals surface area (Å²) >= 11 is 7.46. The van der Waals surface area contributed by atoms with E-state index in [0.717, 1.165) is 10.4 Å². The first-order chi connectivity index (χ1) is 8.58. The lowest BCUT2D eigenvalue weighted by Gasteiger charge is -2.11. The summed E-state index contributed by atoms with van der Waals surface area (Å²) in [6, 6.07) is 8.45. The highest BCUT2D eigenvalue weighted by atomic mass is 35.5. The first-order valence-electron chi connectivity index (χ1n) is 5.44. The summed E-state index contributed by atoms with van der Waals surface area (Å²) in [5.74, 6) is -0.239. The van der Waals surface area contributed by atoms with Crippen LogP contribution in [0.4, 0.5) is 5.69 Å². The maximum absolute atomic E-state index is 11.9. The minimum atomic E-state index is -0.648. The third kappa shape index (κ3) is 2.90. The molecular weight excluding hydrogens is 268 g/mol. The highest BCUT2D eigenvalue weighted by Crippen LogP contribution is 2.22. The molecule has 2 aromatic rings. The minimum Gasteiger partial charge on any atom is -0.324 e. The van der Waals surface area contributed by atoms with Gasteiger partial charge in [0.05, 0.1) is 0 Å². The number of aryl methyl sites for hydroxylation is 1. The van der Waals surface area contributed by atoms with E-state index in [2.05, 4.69) is 5.32 Å². The Balaban J connectivity index is 2.09. The molecule has 0 aliphatic heterocycles. The number of halogens is 1. The second-order valence-electron chi connectivity index (χ2n) is 3.95. The van der Waals surface area contributed by atoms with Crippen LogP contribution >= 0.6 is 22.9 Å². The van der Waals surface area contributed by atoms with Gasteiger partial charge in [-0.3, -0.25) is 4.79 Å². The zero-order chi connectivity index (χ0) is 13.1. The minimum absolute atomic E-state index is 0.239. The lowest BCUT2D eigenvalue weighted by atomic mass is 10.2. The van der Waals surface area contributed by atoms with Gasteiger partial charge < -0.3 is 11.1 Å². The molecule has 0 spiro atoms. The van der Waals surface area contributed by atoms with Gasteiger partial charge in [-0.05, 0) is 36.1 Å². The van der Waals surface area contributed by atoms with Crippen molar-refractivity contribution in [3.05, 3.63) is 51.2 Å². The number of nitrogens with one attached hydrogen (secondary N) is 1. The highest BCUT2D eigenvalue weighted by molar-refractivity contribution is 7.10. The van der Waals surface area contributed by atoms with E-state index in [4.69, 9.17) is 17.3 Å². The van der Waals surface area contributed by atoms with E-state index in [1.54, 1.807) is 12.1 Å². The van der Waals surface area contributed by atoms with Crippen LogP contribution in [-0.4, -0.2) is 5.91 Å². The third-order valence-corrected chi connectivity index (χ3v) is 3.93. The van der Waals surface area contributed by atoms with E-state index in [1.165, 1.54) is 11.3 Å². The molecule has 3 N–H and O–H groups in total. The molecule has 18 heavy (non-hydrogen) atoms. The lowest BCUT2D eigenvalue weighted by Crippen LogP contribution is -2.26. The van der Waals surface area contributed by atoms with Crippen LogP contribution < -0.4 is 11.1 Å². The van der Waals surface area contributed by atoms with Crippen molar-refractivity contribution in [3.63, 3.8) is 0 Å². The SMILES string of the molecule is Cc1ccc(NC(=O)C(N)c2cccs2)cc1Cl. The molecule has 5 heteroatoms. The van der Waals surface area contributed by atoms with Crippen LogP contribution in [0.25, 0.3) is 0 Å². The van der Waals surface area contributed by atoms with Gasteiger partial charge in [0.15, 0.2) is 0 Å². The Labute approximate surface area is 115 Å². The summed E-state index contributed by atoms with van der Waals surface area (Å²) in [6.07, 6.45) is 0. The van der Waals surface area contributed by atoms with Crippen molar-refractivity contribution in [2.45, 2.75) is 13.0 Å². The molecule has 0 fully saturated rings. The molecule has 94 valence electrons. The molecule has 0 bridgehead atoms. The van der Waals surface area contributed by atoms with Crippen LogP contribution in [0.5, 0.6) is 0 Å². The summed E-state index contributed by atoms with van der Waals surface area (Å²) in [5, 5.41) is 5.27. The van der Waals surface area contributed by atoms with Crippen molar-refractivity contribution in [2.75, 3.05) is 5.32 Å². The molecule has 2 rings (SSSR count). The molecule has 1 aromatic heterocycles. The summed E-state index contributed by atoms with van der Waals surface area (Å²) < 4.78 is 0. The number of rotatable bonds is 3. The Morgan fingerprint density at radius 1 is 1.44 bits per heavy atom. The number of carbonyl (C=O) groups excluding carboxylic acids is 1. The van der Waals surface area contributed by atoms with Gasteiger partial charge in [-0.1, -0.05) is 23.7 Å². The van der Waals surface area contributed by atoms with E-state index in [0.29, 0.717) is 10.7 Å².